The second kappa shape index (κ2) is 4.97. The Labute approximate surface area is 163 Å². The van der Waals surface area contributed by atoms with Gasteiger partial charge in [0, 0.05) is 19.3 Å². The molecule has 0 aromatic rings. The molecule has 5 fully saturated rings. The number of ketones is 2. The molecule has 0 bridgehead atoms. The van der Waals surface area contributed by atoms with Gasteiger partial charge in [0.1, 0.15) is 5.78 Å². The minimum Gasteiger partial charge on any atom is -0.300 e. The minimum absolute atomic E-state index is 0.274. The fourth-order valence-electron chi connectivity index (χ4n) is 9.47. The van der Waals surface area contributed by atoms with Gasteiger partial charge in [-0.15, -0.1) is 0 Å². The van der Waals surface area contributed by atoms with Gasteiger partial charge < -0.3 is 0 Å². The van der Waals surface area contributed by atoms with Crippen LogP contribution >= 0.6 is 0 Å². The Bertz CT molecular complexity index is 773. The van der Waals surface area contributed by atoms with Crippen molar-refractivity contribution >= 4 is 11.6 Å². The normalized spacial score (nSPS) is 52.5. The van der Waals surface area contributed by atoms with Gasteiger partial charge in [-0.05, 0) is 103 Å². The number of rotatable bonds is 0. The highest BCUT2D eigenvalue weighted by Crippen LogP contribution is 2.77. The van der Waals surface area contributed by atoms with E-state index in [0.717, 1.165) is 49.9 Å². The van der Waals surface area contributed by atoms with E-state index in [-0.39, 0.29) is 5.41 Å². The first kappa shape index (κ1) is 17.0. The highest BCUT2D eigenvalue weighted by molar-refractivity contribution is 5.92. The molecule has 2 spiro atoms. The number of Topliss-reactive ketones (excluding diaryl/α,β-unsaturated/α-hetero) is 1. The third kappa shape index (κ3) is 1.94. The summed E-state index contributed by atoms with van der Waals surface area (Å²) >= 11 is 0. The number of carbonyl (C=O) groups is 2. The fraction of sp³-hybridized carbons (Fsp3) is 0.840. The minimum atomic E-state index is 0.274. The number of allylic oxidation sites excluding steroid dienone is 1. The molecule has 0 heterocycles. The van der Waals surface area contributed by atoms with Crippen LogP contribution in [0.2, 0.25) is 0 Å². The van der Waals surface area contributed by atoms with Crippen molar-refractivity contribution in [2.45, 2.75) is 90.9 Å². The van der Waals surface area contributed by atoms with Crippen LogP contribution in [0.15, 0.2) is 11.6 Å². The third-order valence-electron chi connectivity index (χ3n) is 11.1. The Kier molecular flexibility index (Phi) is 3.13. The van der Waals surface area contributed by atoms with Crippen LogP contribution in [0, 0.1) is 39.4 Å². The summed E-state index contributed by atoms with van der Waals surface area (Å²) in [5.74, 6) is 3.34. The second-order valence-corrected chi connectivity index (χ2v) is 11.8. The average molecular weight is 367 g/mol. The zero-order chi connectivity index (χ0) is 18.7. The van der Waals surface area contributed by atoms with Gasteiger partial charge in [-0.2, -0.15) is 0 Å². The van der Waals surface area contributed by atoms with Crippen LogP contribution in [0.25, 0.3) is 0 Å². The Morgan fingerprint density at radius 1 is 0.889 bits per heavy atom. The van der Waals surface area contributed by atoms with E-state index in [2.05, 4.69) is 19.9 Å². The maximum atomic E-state index is 12.3. The maximum absolute atomic E-state index is 12.3. The molecule has 0 aromatic carbocycles. The summed E-state index contributed by atoms with van der Waals surface area (Å²) in [7, 11) is 0. The van der Waals surface area contributed by atoms with Crippen molar-refractivity contribution in [3.63, 3.8) is 0 Å². The summed E-state index contributed by atoms with van der Waals surface area (Å²) in [6, 6.07) is 0. The van der Waals surface area contributed by atoms with Gasteiger partial charge in [-0.25, -0.2) is 0 Å². The first-order valence-electron chi connectivity index (χ1n) is 11.6. The van der Waals surface area contributed by atoms with Crippen molar-refractivity contribution in [2.75, 3.05) is 0 Å². The lowest BCUT2D eigenvalue weighted by atomic mass is 9.43. The Hall–Kier alpha value is -0.920. The molecular formula is C25H34O2. The van der Waals surface area contributed by atoms with E-state index >= 15 is 0 Å². The second-order valence-electron chi connectivity index (χ2n) is 11.8. The van der Waals surface area contributed by atoms with Crippen LogP contribution in [-0.4, -0.2) is 11.6 Å². The third-order valence-corrected chi connectivity index (χ3v) is 11.1. The van der Waals surface area contributed by atoms with Gasteiger partial charge >= 0.3 is 0 Å². The molecule has 6 aliphatic rings. The molecule has 5 saturated carbocycles. The Morgan fingerprint density at radius 3 is 2.37 bits per heavy atom. The monoisotopic (exact) mass is 366 g/mol. The zero-order valence-corrected chi connectivity index (χ0v) is 17.1. The largest absolute Gasteiger partial charge is 0.300 e. The number of carbonyl (C=O) groups excluding carboxylic acids is 2. The smallest absolute Gasteiger partial charge is 0.155 e. The summed E-state index contributed by atoms with van der Waals surface area (Å²) in [5.41, 5.74) is 2.94. The lowest BCUT2D eigenvalue weighted by molar-refractivity contribution is -0.122. The van der Waals surface area contributed by atoms with Crippen molar-refractivity contribution in [3.05, 3.63) is 11.6 Å². The lowest BCUT2D eigenvalue weighted by Gasteiger charge is -2.61. The van der Waals surface area contributed by atoms with Crippen LogP contribution in [0.4, 0.5) is 0 Å². The summed E-state index contributed by atoms with van der Waals surface area (Å²) < 4.78 is 0. The van der Waals surface area contributed by atoms with Crippen LogP contribution in [0.3, 0.4) is 0 Å². The molecule has 146 valence electrons. The molecule has 0 saturated heterocycles. The summed E-state index contributed by atoms with van der Waals surface area (Å²) in [6.45, 7) is 5.10. The van der Waals surface area contributed by atoms with E-state index in [1.165, 1.54) is 44.9 Å². The molecule has 0 N–H and O–H groups in total. The van der Waals surface area contributed by atoms with Crippen LogP contribution < -0.4 is 0 Å². The SMILES string of the molecule is CC12CCC(=O)C=C1C1(CC1)CC1C2CCC2(C)C1CCC21CCC(=O)C1. The van der Waals surface area contributed by atoms with E-state index in [1.807, 2.05) is 0 Å². The summed E-state index contributed by atoms with van der Waals surface area (Å²) in [5, 5.41) is 0. The lowest BCUT2D eigenvalue weighted by Crippen LogP contribution is -2.54. The first-order valence-corrected chi connectivity index (χ1v) is 11.6. The van der Waals surface area contributed by atoms with E-state index in [0.29, 0.717) is 27.8 Å². The average Bonchev–Trinajstić information content (AvgIpc) is 3.19. The van der Waals surface area contributed by atoms with Gasteiger partial charge in [0.2, 0.25) is 0 Å². The van der Waals surface area contributed by atoms with Crippen molar-refractivity contribution in [3.8, 4) is 0 Å². The molecule has 0 amide bonds. The molecule has 0 aliphatic heterocycles. The number of hydrogen-bond donors (Lipinski definition) is 0. The summed E-state index contributed by atoms with van der Waals surface area (Å²) in [6.07, 6.45) is 16.1. The number of hydrogen-bond acceptors (Lipinski definition) is 2. The zero-order valence-electron chi connectivity index (χ0n) is 17.1. The van der Waals surface area contributed by atoms with Crippen LogP contribution in [0.5, 0.6) is 0 Å². The van der Waals surface area contributed by atoms with Gasteiger partial charge in [0.25, 0.3) is 0 Å². The fourth-order valence-corrected chi connectivity index (χ4v) is 9.47. The van der Waals surface area contributed by atoms with Gasteiger partial charge in [0.05, 0.1) is 0 Å². The van der Waals surface area contributed by atoms with E-state index in [9.17, 15) is 9.59 Å². The topological polar surface area (TPSA) is 34.1 Å². The molecule has 27 heavy (non-hydrogen) atoms. The quantitative estimate of drug-likeness (QED) is 0.555. The Balaban J connectivity index is 1.41. The van der Waals surface area contributed by atoms with Crippen LogP contribution in [-0.2, 0) is 9.59 Å². The van der Waals surface area contributed by atoms with E-state index < -0.39 is 0 Å². The predicted molar refractivity (Wildman–Crippen MR) is 105 cm³/mol. The molecule has 6 atom stereocenters. The molecule has 0 radical (unpaired) electrons. The molecule has 6 rings (SSSR count). The highest BCUT2D eigenvalue weighted by atomic mass is 16.1. The standard InChI is InChI=1S/C25H34O2/c1-22-7-3-16(26)13-21(22)24(11-12-24)15-18-19(22)5-8-23(2)20(18)6-10-25(23)9-4-17(27)14-25/h13,18-20H,3-12,14-15H2,1-2H3. The molecule has 6 aliphatic carbocycles. The molecule has 2 heteroatoms. The van der Waals surface area contributed by atoms with Crippen molar-refractivity contribution < 1.29 is 9.59 Å². The van der Waals surface area contributed by atoms with Gasteiger partial charge in [-0.1, -0.05) is 19.4 Å². The molecular weight excluding hydrogens is 332 g/mol. The van der Waals surface area contributed by atoms with Gasteiger partial charge in [-0.3, -0.25) is 9.59 Å². The maximum Gasteiger partial charge on any atom is 0.155 e. The first-order chi connectivity index (χ1) is 12.8. The van der Waals surface area contributed by atoms with Crippen molar-refractivity contribution in [2.24, 2.45) is 39.4 Å². The van der Waals surface area contributed by atoms with E-state index in [4.69, 9.17) is 0 Å². The van der Waals surface area contributed by atoms with Crippen molar-refractivity contribution in [1.82, 2.24) is 0 Å². The van der Waals surface area contributed by atoms with E-state index in [1.54, 1.807) is 5.57 Å². The summed E-state index contributed by atoms with van der Waals surface area (Å²) in [4.78, 5) is 24.5. The van der Waals surface area contributed by atoms with Crippen LogP contribution in [0.1, 0.15) is 90.9 Å². The Morgan fingerprint density at radius 2 is 1.67 bits per heavy atom. The highest BCUT2D eigenvalue weighted by Gasteiger charge is 2.69. The van der Waals surface area contributed by atoms with Crippen molar-refractivity contribution in [1.29, 1.82) is 0 Å². The molecule has 2 nitrogen and oxygen atoms in total. The number of fused-ring (bicyclic) bond motifs is 7. The predicted octanol–water partition coefficient (Wildman–Crippen LogP) is 5.65. The molecule has 0 aromatic heterocycles. The van der Waals surface area contributed by atoms with Gasteiger partial charge in [0.15, 0.2) is 5.78 Å². The molecule has 6 unspecified atom stereocenters.